The maximum absolute atomic E-state index is 13.0. The number of nitrogens with one attached hydrogen (secondary N) is 1. The van der Waals surface area contributed by atoms with Gasteiger partial charge < -0.3 is 5.32 Å². The van der Waals surface area contributed by atoms with Gasteiger partial charge in [-0.3, -0.25) is 9.10 Å². The molecule has 3 rings (SSSR count). The zero-order chi connectivity index (χ0) is 20.7. The molecule has 0 aliphatic carbocycles. The Morgan fingerprint density at radius 3 is 2.03 bits per heavy atom. The van der Waals surface area contributed by atoms with Crippen molar-refractivity contribution in [3.8, 4) is 0 Å². The average molecular weight is 409 g/mol. The highest BCUT2D eigenvalue weighted by molar-refractivity contribution is 7.92. The fraction of sp³-hybridized carbons (Fsp3) is 0.174. The highest BCUT2D eigenvalue weighted by atomic mass is 32.2. The third-order valence-electron chi connectivity index (χ3n) is 4.58. The van der Waals surface area contributed by atoms with Gasteiger partial charge in [-0.05, 0) is 55.3 Å². The van der Waals surface area contributed by atoms with Crippen LogP contribution in [0.1, 0.15) is 22.8 Å². The number of carbonyl (C=O) groups is 1. The number of benzene rings is 3. The van der Waals surface area contributed by atoms with Crippen LogP contribution < -0.4 is 9.62 Å². The van der Waals surface area contributed by atoms with E-state index in [1.807, 2.05) is 36.4 Å². The van der Waals surface area contributed by atoms with Crippen molar-refractivity contribution in [2.75, 3.05) is 17.4 Å². The van der Waals surface area contributed by atoms with Crippen LogP contribution in [0.5, 0.6) is 0 Å². The molecule has 0 aromatic heterocycles. The molecular weight excluding hydrogens is 384 g/mol. The van der Waals surface area contributed by atoms with Crippen molar-refractivity contribution in [2.24, 2.45) is 0 Å². The lowest BCUT2D eigenvalue weighted by molar-refractivity contribution is 0.0954. The molecular formula is C23H24N2O3S. The zero-order valence-corrected chi connectivity index (χ0v) is 17.1. The first-order chi connectivity index (χ1) is 14.0. The van der Waals surface area contributed by atoms with Gasteiger partial charge in [-0.15, -0.1) is 0 Å². The molecule has 29 heavy (non-hydrogen) atoms. The Morgan fingerprint density at radius 2 is 1.45 bits per heavy atom. The minimum absolute atomic E-state index is 0.157. The van der Waals surface area contributed by atoms with Crippen LogP contribution >= 0.6 is 0 Å². The summed E-state index contributed by atoms with van der Waals surface area (Å²) in [6.07, 6.45) is 0.738. The highest BCUT2D eigenvalue weighted by Crippen LogP contribution is 2.23. The molecule has 0 heterocycles. The lowest BCUT2D eigenvalue weighted by Gasteiger charge is -2.23. The number of carbonyl (C=O) groups excluding carboxylic acids is 1. The van der Waals surface area contributed by atoms with E-state index in [0.717, 1.165) is 12.0 Å². The normalized spacial score (nSPS) is 11.1. The van der Waals surface area contributed by atoms with Crippen LogP contribution in [-0.4, -0.2) is 27.4 Å². The van der Waals surface area contributed by atoms with Crippen molar-refractivity contribution in [1.82, 2.24) is 5.32 Å². The molecule has 0 aliphatic rings. The number of para-hydroxylation sites is 1. The van der Waals surface area contributed by atoms with Gasteiger partial charge in [0.2, 0.25) is 0 Å². The van der Waals surface area contributed by atoms with Crippen molar-refractivity contribution in [2.45, 2.75) is 18.2 Å². The third kappa shape index (κ3) is 5.03. The first kappa shape index (κ1) is 20.6. The maximum atomic E-state index is 13.0. The molecule has 0 spiro atoms. The lowest BCUT2D eigenvalue weighted by atomic mass is 10.1. The largest absolute Gasteiger partial charge is 0.352 e. The summed E-state index contributed by atoms with van der Waals surface area (Å²) in [5, 5.41) is 2.87. The Kier molecular flexibility index (Phi) is 6.67. The number of anilines is 1. The molecule has 0 radical (unpaired) electrons. The van der Waals surface area contributed by atoms with Gasteiger partial charge >= 0.3 is 0 Å². The summed E-state index contributed by atoms with van der Waals surface area (Å²) in [5.41, 5.74) is 2.19. The maximum Gasteiger partial charge on any atom is 0.264 e. The first-order valence-corrected chi connectivity index (χ1v) is 11.0. The Balaban J connectivity index is 1.67. The van der Waals surface area contributed by atoms with Crippen molar-refractivity contribution >= 4 is 21.6 Å². The van der Waals surface area contributed by atoms with Gasteiger partial charge in [0.1, 0.15) is 0 Å². The second kappa shape index (κ2) is 9.39. The summed E-state index contributed by atoms with van der Waals surface area (Å²) in [5.74, 6) is -0.222. The molecule has 0 saturated heterocycles. The smallest absolute Gasteiger partial charge is 0.264 e. The van der Waals surface area contributed by atoms with Crippen LogP contribution in [-0.2, 0) is 16.4 Å². The summed E-state index contributed by atoms with van der Waals surface area (Å²) >= 11 is 0. The minimum Gasteiger partial charge on any atom is -0.352 e. The molecule has 0 bridgehead atoms. The number of hydrogen-bond donors (Lipinski definition) is 1. The van der Waals surface area contributed by atoms with Crippen molar-refractivity contribution in [3.05, 3.63) is 96.1 Å². The highest BCUT2D eigenvalue weighted by Gasteiger charge is 2.23. The summed E-state index contributed by atoms with van der Waals surface area (Å²) < 4.78 is 27.3. The molecule has 0 fully saturated rings. The van der Waals surface area contributed by atoms with Gasteiger partial charge in [0.15, 0.2) is 0 Å². The predicted octanol–water partition coefficient (Wildman–Crippen LogP) is 3.87. The molecule has 3 aromatic carbocycles. The number of hydrogen-bond acceptors (Lipinski definition) is 3. The van der Waals surface area contributed by atoms with Gasteiger partial charge in [0.05, 0.1) is 10.6 Å². The van der Waals surface area contributed by atoms with E-state index in [1.165, 1.54) is 16.4 Å². The number of amides is 1. The Labute approximate surface area is 172 Å². The lowest BCUT2D eigenvalue weighted by Crippen LogP contribution is -2.31. The Morgan fingerprint density at radius 1 is 0.862 bits per heavy atom. The summed E-state index contributed by atoms with van der Waals surface area (Å²) in [7, 11) is -3.70. The summed E-state index contributed by atoms with van der Waals surface area (Å²) in [6.45, 7) is 2.62. The number of rotatable bonds is 8. The van der Waals surface area contributed by atoms with Crippen LogP contribution in [0.3, 0.4) is 0 Å². The van der Waals surface area contributed by atoms with E-state index in [4.69, 9.17) is 0 Å². The summed E-state index contributed by atoms with van der Waals surface area (Å²) in [4.78, 5) is 12.5. The molecule has 5 nitrogen and oxygen atoms in total. The van der Waals surface area contributed by atoms with Gasteiger partial charge in [0.25, 0.3) is 15.9 Å². The molecule has 0 aliphatic heterocycles. The molecule has 0 saturated carbocycles. The van der Waals surface area contributed by atoms with E-state index >= 15 is 0 Å². The molecule has 0 atom stereocenters. The van der Waals surface area contributed by atoms with Crippen LogP contribution in [0, 0.1) is 0 Å². The van der Waals surface area contributed by atoms with Crippen molar-refractivity contribution < 1.29 is 13.2 Å². The second-order valence-corrected chi connectivity index (χ2v) is 8.38. The van der Waals surface area contributed by atoms with Crippen molar-refractivity contribution in [3.63, 3.8) is 0 Å². The van der Waals surface area contributed by atoms with E-state index < -0.39 is 10.0 Å². The minimum atomic E-state index is -3.70. The van der Waals surface area contributed by atoms with Crippen molar-refractivity contribution in [1.29, 1.82) is 0 Å². The van der Waals surface area contributed by atoms with Crippen LogP contribution in [0.15, 0.2) is 89.8 Å². The Hall–Kier alpha value is -3.12. The number of nitrogens with zero attached hydrogens (tertiary/aromatic N) is 1. The average Bonchev–Trinajstić information content (AvgIpc) is 2.75. The number of sulfonamides is 1. The van der Waals surface area contributed by atoms with E-state index in [1.54, 1.807) is 43.3 Å². The monoisotopic (exact) mass is 408 g/mol. The van der Waals surface area contributed by atoms with E-state index in [2.05, 4.69) is 5.32 Å². The molecule has 1 N–H and O–H groups in total. The SMILES string of the molecule is CCN(c1ccccc1)S(=O)(=O)c1ccc(C(=O)NCCc2ccccc2)cc1. The van der Waals surface area contributed by atoms with Crippen LogP contribution in [0.25, 0.3) is 0 Å². The van der Waals surface area contributed by atoms with Gasteiger partial charge in [0, 0.05) is 18.7 Å². The molecule has 1 amide bonds. The van der Waals surface area contributed by atoms with E-state index in [-0.39, 0.29) is 10.8 Å². The van der Waals surface area contributed by atoms with Crippen LogP contribution in [0.4, 0.5) is 5.69 Å². The zero-order valence-electron chi connectivity index (χ0n) is 16.3. The standard InChI is InChI=1S/C23H24N2O3S/c1-2-25(21-11-7-4-8-12-21)29(27,28)22-15-13-20(14-16-22)23(26)24-18-17-19-9-5-3-6-10-19/h3-16H,2,17-18H2,1H3,(H,24,26). The van der Waals surface area contributed by atoms with Crippen LogP contribution in [0.2, 0.25) is 0 Å². The topological polar surface area (TPSA) is 66.5 Å². The first-order valence-electron chi connectivity index (χ1n) is 9.52. The Bertz CT molecular complexity index is 1030. The van der Waals surface area contributed by atoms with Gasteiger partial charge in [-0.25, -0.2) is 8.42 Å². The molecule has 6 heteroatoms. The molecule has 0 unspecified atom stereocenters. The van der Waals surface area contributed by atoms with E-state index in [9.17, 15) is 13.2 Å². The third-order valence-corrected chi connectivity index (χ3v) is 6.50. The predicted molar refractivity (Wildman–Crippen MR) is 116 cm³/mol. The molecule has 150 valence electrons. The van der Waals surface area contributed by atoms with E-state index in [0.29, 0.717) is 24.3 Å². The fourth-order valence-electron chi connectivity index (χ4n) is 3.06. The fourth-order valence-corrected chi connectivity index (χ4v) is 4.53. The van der Waals surface area contributed by atoms with Gasteiger partial charge in [-0.1, -0.05) is 48.5 Å². The summed E-state index contributed by atoms with van der Waals surface area (Å²) in [6, 6.07) is 24.9. The quantitative estimate of drug-likeness (QED) is 0.615. The second-order valence-electron chi connectivity index (χ2n) is 6.52. The molecule has 3 aromatic rings. The van der Waals surface area contributed by atoms with Gasteiger partial charge in [-0.2, -0.15) is 0 Å².